The van der Waals surface area contributed by atoms with Gasteiger partial charge in [0.15, 0.2) is 10.7 Å². The third-order valence-electron chi connectivity index (χ3n) is 3.07. The molecule has 0 aliphatic heterocycles. The van der Waals surface area contributed by atoms with Gasteiger partial charge in [0.25, 0.3) is 0 Å². The molecule has 1 aromatic heterocycles. The van der Waals surface area contributed by atoms with Crippen molar-refractivity contribution in [3.8, 4) is 17.3 Å². The van der Waals surface area contributed by atoms with Crippen molar-refractivity contribution in [2.45, 2.75) is 0 Å². The maximum absolute atomic E-state index is 9.36. The molecule has 1 heterocycles. The van der Waals surface area contributed by atoms with Gasteiger partial charge in [-0.25, -0.2) is 4.98 Å². The molecular formula is C17H10Br2N4S. The first-order valence-corrected chi connectivity index (χ1v) is 9.33. The standard InChI is InChI=1S/C17H10Br2N4S/c18-12-4-6-14(7-5-12)22-23-15(9-20)17-21-16(10-24-17)11-2-1-3-13(19)8-11/h1-8,10,22H/b23-15-. The van der Waals surface area contributed by atoms with E-state index < -0.39 is 0 Å². The first-order chi connectivity index (χ1) is 11.7. The number of nitrogens with zero attached hydrogens (tertiary/aromatic N) is 3. The molecule has 2 aromatic carbocycles. The van der Waals surface area contributed by atoms with E-state index in [9.17, 15) is 5.26 Å². The van der Waals surface area contributed by atoms with Gasteiger partial charge < -0.3 is 0 Å². The molecule has 0 saturated heterocycles. The summed E-state index contributed by atoms with van der Waals surface area (Å²) in [6, 6.07) is 17.5. The lowest BCUT2D eigenvalue weighted by atomic mass is 10.2. The SMILES string of the molecule is N#C/C(=N/Nc1ccc(Br)cc1)c1nc(-c2cccc(Br)c2)cs1. The molecule has 0 bridgehead atoms. The number of nitrogens with one attached hydrogen (secondary N) is 1. The zero-order chi connectivity index (χ0) is 16.9. The molecular weight excluding hydrogens is 452 g/mol. The van der Waals surface area contributed by atoms with Gasteiger partial charge in [-0.3, -0.25) is 5.43 Å². The maximum Gasteiger partial charge on any atom is 0.196 e. The van der Waals surface area contributed by atoms with Crippen LogP contribution in [0.15, 0.2) is 68.0 Å². The van der Waals surface area contributed by atoms with Crippen LogP contribution in [-0.2, 0) is 0 Å². The van der Waals surface area contributed by atoms with Crippen molar-refractivity contribution < 1.29 is 0 Å². The van der Waals surface area contributed by atoms with Gasteiger partial charge in [0.2, 0.25) is 0 Å². The van der Waals surface area contributed by atoms with Crippen molar-refractivity contribution in [3.63, 3.8) is 0 Å². The molecule has 0 aliphatic rings. The molecule has 4 nitrogen and oxygen atoms in total. The second kappa shape index (κ2) is 7.71. The van der Waals surface area contributed by atoms with Crippen LogP contribution < -0.4 is 5.43 Å². The molecule has 1 N–H and O–H groups in total. The Morgan fingerprint density at radius 2 is 1.92 bits per heavy atom. The van der Waals surface area contributed by atoms with Crippen molar-refractivity contribution >= 4 is 54.6 Å². The zero-order valence-electron chi connectivity index (χ0n) is 12.2. The lowest BCUT2D eigenvalue weighted by Gasteiger charge is -2.00. The van der Waals surface area contributed by atoms with E-state index in [1.54, 1.807) is 0 Å². The molecule has 0 fully saturated rings. The minimum Gasteiger partial charge on any atom is -0.277 e. The molecule has 0 amide bonds. The van der Waals surface area contributed by atoms with Crippen LogP contribution >= 0.6 is 43.2 Å². The van der Waals surface area contributed by atoms with Crippen molar-refractivity contribution in [2.24, 2.45) is 5.10 Å². The van der Waals surface area contributed by atoms with Gasteiger partial charge in [-0.2, -0.15) is 10.4 Å². The Kier molecular flexibility index (Phi) is 5.41. The summed E-state index contributed by atoms with van der Waals surface area (Å²) in [6.45, 7) is 0. The van der Waals surface area contributed by atoms with Crippen LogP contribution in [0, 0.1) is 11.3 Å². The third-order valence-corrected chi connectivity index (χ3v) is 4.94. The van der Waals surface area contributed by atoms with E-state index in [0.717, 1.165) is 25.9 Å². The molecule has 0 aliphatic carbocycles. The first kappa shape index (κ1) is 16.8. The second-order valence-corrected chi connectivity index (χ2v) is 7.43. The number of hydrogen-bond acceptors (Lipinski definition) is 5. The molecule has 118 valence electrons. The topological polar surface area (TPSA) is 61.1 Å². The summed E-state index contributed by atoms with van der Waals surface area (Å²) in [5.74, 6) is 0. The quantitative estimate of drug-likeness (QED) is 0.401. The highest BCUT2D eigenvalue weighted by molar-refractivity contribution is 9.10. The van der Waals surface area contributed by atoms with Crippen molar-refractivity contribution in [2.75, 3.05) is 5.43 Å². The normalized spacial score (nSPS) is 11.1. The first-order valence-electron chi connectivity index (χ1n) is 6.87. The number of hydrazone groups is 1. The van der Waals surface area contributed by atoms with Crippen LogP contribution in [0.5, 0.6) is 0 Å². The monoisotopic (exact) mass is 460 g/mol. The largest absolute Gasteiger partial charge is 0.277 e. The lowest BCUT2D eigenvalue weighted by Crippen LogP contribution is -2.01. The Morgan fingerprint density at radius 1 is 1.12 bits per heavy atom. The van der Waals surface area contributed by atoms with Crippen LogP contribution in [0.3, 0.4) is 0 Å². The molecule has 0 radical (unpaired) electrons. The molecule has 24 heavy (non-hydrogen) atoms. The molecule has 0 unspecified atom stereocenters. The van der Waals surface area contributed by atoms with Crippen LogP contribution in [0.2, 0.25) is 0 Å². The fourth-order valence-electron chi connectivity index (χ4n) is 1.93. The number of thiazole rings is 1. The number of nitriles is 1. The fourth-order valence-corrected chi connectivity index (χ4v) is 3.36. The fraction of sp³-hybridized carbons (Fsp3) is 0. The van der Waals surface area contributed by atoms with E-state index in [4.69, 9.17) is 0 Å². The van der Waals surface area contributed by atoms with Gasteiger partial charge >= 0.3 is 0 Å². The van der Waals surface area contributed by atoms with Gasteiger partial charge in [0.1, 0.15) is 6.07 Å². The van der Waals surface area contributed by atoms with E-state index >= 15 is 0 Å². The number of rotatable bonds is 4. The summed E-state index contributed by atoms with van der Waals surface area (Å²) >= 11 is 8.22. The van der Waals surface area contributed by atoms with E-state index in [0.29, 0.717) is 5.01 Å². The average molecular weight is 462 g/mol. The third kappa shape index (κ3) is 4.09. The van der Waals surface area contributed by atoms with Gasteiger partial charge in [0, 0.05) is 19.9 Å². The second-order valence-electron chi connectivity index (χ2n) is 4.74. The Bertz CT molecular complexity index is 926. The Morgan fingerprint density at radius 3 is 2.62 bits per heavy atom. The van der Waals surface area contributed by atoms with Gasteiger partial charge in [-0.15, -0.1) is 11.3 Å². The minimum atomic E-state index is 0.254. The molecule has 7 heteroatoms. The number of benzene rings is 2. The number of aromatic nitrogens is 1. The predicted molar refractivity (Wildman–Crippen MR) is 105 cm³/mol. The molecule has 0 spiro atoms. The number of halogens is 2. The van der Waals surface area contributed by atoms with Crippen molar-refractivity contribution in [1.82, 2.24) is 4.98 Å². The maximum atomic E-state index is 9.36. The molecule has 3 rings (SSSR count). The summed E-state index contributed by atoms with van der Waals surface area (Å²) in [5, 5.41) is 16.0. The van der Waals surface area contributed by atoms with E-state index in [-0.39, 0.29) is 5.71 Å². The highest BCUT2D eigenvalue weighted by Gasteiger charge is 2.10. The summed E-state index contributed by atoms with van der Waals surface area (Å²) in [7, 11) is 0. The summed E-state index contributed by atoms with van der Waals surface area (Å²) in [4.78, 5) is 4.52. The van der Waals surface area contributed by atoms with Gasteiger partial charge in [0.05, 0.1) is 11.4 Å². The summed E-state index contributed by atoms with van der Waals surface area (Å²) < 4.78 is 1.97. The Labute approximate surface area is 160 Å². The van der Waals surface area contributed by atoms with Gasteiger partial charge in [-0.1, -0.05) is 44.0 Å². The van der Waals surface area contributed by atoms with Crippen molar-refractivity contribution in [3.05, 3.63) is 67.9 Å². The zero-order valence-corrected chi connectivity index (χ0v) is 16.2. The highest BCUT2D eigenvalue weighted by Crippen LogP contribution is 2.25. The van der Waals surface area contributed by atoms with Crippen LogP contribution in [0.1, 0.15) is 5.01 Å². The molecule has 0 atom stereocenters. The van der Waals surface area contributed by atoms with E-state index in [2.05, 4.69) is 53.4 Å². The smallest absolute Gasteiger partial charge is 0.196 e. The number of hydrogen-bond donors (Lipinski definition) is 1. The van der Waals surface area contributed by atoms with E-state index in [1.807, 2.05) is 53.9 Å². The average Bonchev–Trinajstić information content (AvgIpc) is 3.07. The van der Waals surface area contributed by atoms with Crippen LogP contribution in [0.4, 0.5) is 5.69 Å². The van der Waals surface area contributed by atoms with Crippen LogP contribution in [0.25, 0.3) is 11.3 Å². The minimum absolute atomic E-state index is 0.254. The summed E-state index contributed by atoms with van der Waals surface area (Å²) in [5.41, 5.74) is 5.75. The van der Waals surface area contributed by atoms with Crippen molar-refractivity contribution in [1.29, 1.82) is 5.26 Å². The number of anilines is 1. The predicted octanol–water partition coefficient (Wildman–Crippen LogP) is 5.67. The Hall–Kier alpha value is -2.01. The van der Waals surface area contributed by atoms with Crippen LogP contribution in [-0.4, -0.2) is 10.7 Å². The van der Waals surface area contributed by atoms with E-state index in [1.165, 1.54) is 11.3 Å². The highest BCUT2D eigenvalue weighted by atomic mass is 79.9. The summed E-state index contributed by atoms with van der Waals surface area (Å²) in [6.07, 6.45) is 0. The lowest BCUT2D eigenvalue weighted by molar-refractivity contribution is 1.31. The Balaban J connectivity index is 1.83. The molecule has 0 saturated carbocycles. The van der Waals surface area contributed by atoms with Gasteiger partial charge in [-0.05, 0) is 36.4 Å². The molecule has 3 aromatic rings.